The van der Waals surface area contributed by atoms with Crippen LogP contribution < -0.4 is 11.1 Å². The molecule has 1 unspecified atom stereocenters. The Balaban J connectivity index is 0.00000529. The van der Waals surface area contributed by atoms with Gasteiger partial charge in [0.1, 0.15) is 0 Å². The third-order valence-corrected chi connectivity index (χ3v) is 4.35. The summed E-state index contributed by atoms with van der Waals surface area (Å²) in [7, 11) is 2.10. The first-order valence-electron chi connectivity index (χ1n) is 9.09. The summed E-state index contributed by atoms with van der Waals surface area (Å²) in [6, 6.07) is 0. The summed E-state index contributed by atoms with van der Waals surface area (Å²) in [6.45, 7) is 9.93. The molecule has 142 valence electrons. The van der Waals surface area contributed by atoms with E-state index < -0.39 is 0 Å². The van der Waals surface area contributed by atoms with E-state index in [2.05, 4.69) is 36.0 Å². The Labute approximate surface area is 164 Å². The summed E-state index contributed by atoms with van der Waals surface area (Å²) in [5, 5.41) is 3.35. The largest absolute Gasteiger partial charge is 0.369 e. The van der Waals surface area contributed by atoms with Crippen molar-refractivity contribution in [3.63, 3.8) is 0 Å². The summed E-state index contributed by atoms with van der Waals surface area (Å²) in [5.74, 6) is 0.874. The second-order valence-electron chi connectivity index (χ2n) is 6.41. The monoisotopic (exact) mass is 453 g/mol. The summed E-state index contributed by atoms with van der Waals surface area (Å²) in [4.78, 5) is 20.6. The number of nitrogens with zero attached hydrogens (tertiary/aromatic N) is 3. The number of amides is 1. The molecule has 0 saturated carbocycles. The van der Waals surface area contributed by atoms with E-state index in [-0.39, 0.29) is 35.8 Å². The molecule has 0 aliphatic carbocycles. The molecule has 1 saturated heterocycles. The van der Waals surface area contributed by atoms with Crippen molar-refractivity contribution in [3.8, 4) is 0 Å². The van der Waals surface area contributed by atoms with Crippen LogP contribution in [-0.2, 0) is 4.79 Å². The Kier molecular flexibility index (Phi) is 13.4. The van der Waals surface area contributed by atoms with Gasteiger partial charge in [-0.05, 0) is 45.7 Å². The molecule has 1 aliphatic heterocycles. The fourth-order valence-electron chi connectivity index (χ4n) is 2.94. The number of carbonyl (C=O) groups is 1. The number of aliphatic imine (C=N–C) groups is 1. The van der Waals surface area contributed by atoms with Crippen LogP contribution in [0.2, 0.25) is 0 Å². The van der Waals surface area contributed by atoms with E-state index in [9.17, 15) is 4.79 Å². The number of likely N-dealkylation sites (tertiary alicyclic amines) is 1. The number of guanidine groups is 1. The predicted molar refractivity (Wildman–Crippen MR) is 112 cm³/mol. The predicted octanol–water partition coefficient (Wildman–Crippen LogP) is 1.89. The number of nitrogens with one attached hydrogen (secondary N) is 1. The van der Waals surface area contributed by atoms with Crippen LogP contribution in [0.15, 0.2) is 4.99 Å². The second-order valence-corrected chi connectivity index (χ2v) is 6.41. The van der Waals surface area contributed by atoms with Crippen molar-refractivity contribution in [2.75, 3.05) is 46.3 Å². The molecule has 24 heavy (non-hydrogen) atoms. The molecule has 0 spiro atoms. The number of halogens is 1. The Morgan fingerprint density at radius 1 is 1.38 bits per heavy atom. The average Bonchev–Trinajstić information content (AvgIpc) is 2.55. The molecular weight excluding hydrogens is 417 g/mol. The highest BCUT2D eigenvalue weighted by atomic mass is 127. The third-order valence-electron chi connectivity index (χ3n) is 4.35. The van der Waals surface area contributed by atoms with Crippen LogP contribution in [0.1, 0.15) is 46.0 Å². The van der Waals surface area contributed by atoms with E-state index in [1.165, 1.54) is 12.8 Å². The summed E-state index contributed by atoms with van der Waals surface area (Å²) in [6.07, 6.45) is 5.40. The van der Waals surface area contributed by atoms with Gasteiger partial charge in [0, 0.05) is 33.2 Å². The van der Waals surface area contributed by atoms with Crippen molar-refractivity contribution in [1.82, 2.24) is 15.1 Å². The van der Waals surface area contributed by atoms with Crippen LogP contribution in [0, 0.1) is 5.92 Å². The lowest BCUT2D eigenvalue weighted by atomic mass is 9.97. The molecule has 1 rings (SSSR count). The van der Waals surface area contributed by atoms with E-state index in [1.807, 2.05) is 0 Å². The van der Waals surface area contributed by atoms with Crippen LogP contribution >= 0.6 is 24.0 Å². The molecule has 1 fully saturated rings. The molecule has 1 aliphatic rings. The molecule has 0 aromatic rings. The standard InChI is InChI=1S/C17H35N5O.HI/c1-4-6-11-21(3)17(19-5-2)20-10-8-13-22-12-7-9-15(14-22)16(18)23;/h15H,4-14H2,1-3H3,(H2,18,23)(H,19,20);1H. The molecular formula is C17H36IN5O. The molecule has 1 amide bonds. The van der Waals surface area contributed by atoms with E-state index in [1.54, 1.807) is 0 Å². The summed E-state index contributed by atoms with van der Waals surface area (Å²) in [5.41, 5.74) is 5.43. The first-order valence-corrected chi connectivity index (χ1v) is 9.09. The van der Waals surface area contributed by atoms with E-state index >= 15 is 0 Å². The maximum Gasteiger partial charge on any atom is 0.221 e. The first kappa shape index (κ1) is 23.4. The Hall–Kier alpha value is -0.570. The number of rotatable bonds is 9. The second kappa shape index (κ2) is 13.7. The average molecular weight is 453 g/mol. The van der Waals surface area contributed by atoms with Gasteiger partial charge >= 0.3 is 0 Å². The maximum absolute atomic E-state index is 11.3. The number of hydrogen-bond donors (Lipinski definition) is 2. The van der Waals surface area contributed by atoms with Gasteiger partial charge in [0.15, 0.2) is 5.96 Å². The van der Waals surface area contributed by atoms with Crippen LogP contribution in [0.5, 0.6) is 0 Å². The fourth-order valence-corrected chi connectivity index (χ4v) is 2.94. The zero-order chi connectivity index (χ0) is 17.1. The normalized spacial score (nSPS) is 18.8. The van der Waals surface area contributed by atoms with Crippen LogP contribution in [-0.4, -0.2) is 68.0 Å². The van der Waals surface area contributed by atoms with Crippen molar-refractivity contribution >= 4 is 35.8 Å². The number of piperidine rings is 1. The van der Waals surface area contributed by atoms with Gasteiger partial charge < -0.3 is 20.9 Å². The molecule has 0 aromatic heterocycles. The molecule has 1 heterocycles. The van der Waals surface area contributed by atoms with E-state index in [4.69, 9.17) is 10.7 Å². The molecule has 7 heteroatoms. The van der Waals surface area contributed by atoms with Crippen molar-refractivity contribution < 1.29 is 4.79 Å². The molecule has 0 bridgehead atoms. The van der Waals surface area contributed by atoms with Crippen LogP contribution in [0.25, 0.3) is 0 Å². The SMILES string of the molecule is CCCCN(C)C(=NCCCN1CCCC(C(N)=O)C1)NCC.I. The zero-order valence-corrected chi connectivity index (χ0v) is 17.9. The minimum atomic E-state index is -0.153. The van der Waals surface area contributed by atoms with Crippen molar-refractivity contribution in [3.05, 3.63) is 0 Å². The Morgan fingerprint density at radius 3 is 2.75 bits per heavy atom. The van der Waals surface area contributed by atoms with Gasteiger partial charge in [-0.2, -0.15) is 0 Å². The van der Waals surface area contributed by atoms with E-state index in [0.717, 1.165) is 64.5 Å². The van der Waals surface area contributed by atoms with Gasteiger partial charge in [-0.15, -0.1) is 24.0 Å². The quantitative estimate of drug-likeness (QED) is 0.242. The van der Waals surface area contributed by atoms with Gasteiger partial charge in [0.2, 0.25) is 5.91 Å². The van der Waals surface area contributed by atoms with Crippen molar-refractivity contribution in [2.24, 2.45) is 16.6 Å². The lowest BCUT2D eigenvalue weighted by Crippen LogP contribution is -2.41. The number of nitrogens with two attached hydrogens (primary N) is 1. The Bertz CT molecular complexity index is 378. The van der Waals surface area contributed by atoms with Crippen LogP contribution in [0.4, 0.5) is 0 Å². The van der Waals surface area contributed by atoms with Gasteiger partial charge in [0.05, 0.1) is 5.92 Å². The highest BCUT2D eigenvalue weighted by molar-refractivity contribution is 14.0. The minimum Gasteiger partial charge on any atom is -0.369 e. The smallest absolute Gasteiger partial charge is 0.221 e. The first-order chi connectivity index (χ1) is 11.1. The van der Waals surface area contributed by atoms with E-state index in [0.29, 0.717) is 0 Å². The minimum absolute atomic E-state index is 0. The zero-order valence-electron chi connectivity index (χ0n) is 15.6. The molecule has 0 aromatic carbocycles. The van der Waals surface area contributed by atoms with Gasteiger partial charge in [-0.1, -0.05) is 13.3 Å². The number of unbranched alkanes of at least 4 members (excludes halogenated alkanes) is 1. The maximum atomic E-state index is 11.3. The van der Waals surface area contributed by atoms with Crippen LogP contribution in [0.3, 0.4) is 0 Å². The fraction of sp³-hybridized carbons (Fsp3) is 0.882. The van der Waals surface area contributed by atoms with Gasteiger partial charge in [-0.3, -0.25) is 9.79 Å². The summed E-state index contributed by atoms with van der Waals surface area (Å²) >= 11 is 0. The topological polar surface area (TPSA) is 74.0 Å². The number of carbonyl (C=O) groups excluding carboxylic acids is 1. The van der Waals surface area contributed by atoms with Crippen molar-refractivity contribution in [1.29, 1.82) is 0 Å². The Morgan fingerprint density at radius 2 is 2.12 bits per heavy atom. The number of hydrogen-bond acceptors (Lipinski definition) is 3. The van der Waals surface area contributed by atoms with Gasteiger partial charge in [-0.25, -0.2) is 0 Å². The molecule has 0 radical (unpaired) electrons. The molecule has 6 nitrogen and oxygen atoms in total. The van der Waals surface area contributed by atoms with Crippen molar-refractivity contribution in [2.45, 2.75) is 46.0 Å². The lowest BCUT2D eigenvalue weighted by Gasteiger charge is -2.30. The molecule has 3 N–H and O–H groups in total. The lowest BCUT2D eigenvalue weighted by molar-refractivity contribution is -0.123. The highest BCUT2D eigenvalue weighted by Crippen LogP contribution is 2.15. The third kappa shape index (κ3) is 9.05. The number of primary amides is 1. The highest BCUT2D eigenvalue weighted by Gasteiger charge is 2.23. The van der Waals surface area contributed by atoms with Gasteiger partial charge in [0.25, 0.3) is 0 Å². The molecule has 1 atom stereocenters. The summed E-state index contributed by atoms with van der Waals surface area (Å²) < 4.78 is 0.